The van der Waals surface area contributed by atoms with E-state index in [0.29, 0.717) is 11.3 Å². The zero-order valence-corrected chi connectivity index (χ0v) is 23.9. The van der Waals surface area contributed by atoms with Crippen LogP contribution < -0.4 is 9.97 Å². The Bertz CT molecular complexity index is 1520. The van der Waals surface area contributed by atoms with Crippen molar-refractivity contribution in [2.24, 2.45) is 0 Å². The number of aromatic nitrogens is 4. The molecule has 0 unspecified atom stereocenters. The van der Waals surface area contributed by atoms with Gasteiger partial charge >= 0.3 is 19.5 Å². The van der Waals surface area contributed by atoms with Crippen LogP contribution in [0.4, 0.5) is 0 Å². The number of aryl methyl sites for hydroxylation is 2. The van der Waals surface area contributed by atoms with Crippen molar-refractivity contribution in [2.45, 2.75) is 60.3 Å². The molecule has 3 aliphatic heterocycles. The zero-order valence-electron chi connectivity index (χ0n) is 21.0. The maximum atomic E-state index is 9.87. The second-order valence-electron chi connectivity index (χ2n) is 9.89. The van der Waals surface area contributed by atoms with E-state index in [9.17, 15) is 5.26 Å². The number of fused-ring (bicyclic) bond motifs is 8. The molecule has 5 heterocycles. The number of hydrogen-bond acceptors (Lipinski definition) is 3. The summed E-state index contributed by atoms with van der Waals surface area (Å²) in [5.74, 6) is 0. The normalized spacial score (nSPS) is 15.7. The van der Waals surface area contributed by atoms with E-state index in [-0.39, 0.29) is 24.9 Å². The first kappa shape index (κ1) is 24.1. The molecular formula is C28H27N5Zn. The molecular weight excluding hydrogens is 472 g/mol. The van der Waals surface area contributed by atoms with E-state index < -0.39 is 0 Å². The summed E-state index contributed by atoms with van der Waals surface area (Å²) < 4.78 is 0. The Hall–Kier alpha value is -3.03. The van der Waals surface area contributed by atoms with Crippen LogP contribution in [0.3, 0.4) is 0 Å². The summed E-state index contributed by atoms with van der Waals surface area (Å²) in [6, 6.07) is 10.5. The molecule has 0 aliphatic carbocycles. The Morgan fingerprint density at radius 3 is 1.88 bits per heavy atom. The molecule has 5 nitrogen and oxygen atoms in total. The van der Waals surface area contributed by atoms with E-state index in [1.54, 1.807) is 0 Å². The second kappa shape index (κ2) is 8.33. The quantitative estimate of drug-likeness (QED) is 0.427. The average molecular weight is 499 g/mol. The van der Waals surface area contributed by atoms with E-state index >= 15 is 0 Å². The molecule has 0 radical (unpaired) electrons. The molecule has 34 heavy (non-hydrogen) atoms. The maximum Gasteiger partial charge on any atom is 2.00 e. The van der Waals surface area contributed by atoms with Gasteiger partial charge in [-0.05, 0) is 63.2 Å². The first-order valence-electron chi connectivity index (χ1n) is 11.3. The summed E-state index contributed by atoms with van der Waals surface area (Å²) >= 11 is 0. The maximum absolute atomic E-state index is 9.87. The van der Waals surface area contributed by atoms with Crippen molar-refractivity contribution < 1.29 is 19.5 Å². The molecule has 0 saturated carbocycles. The van der Waals surface area contributed by atoms with Crippen LogP contribution in [0.1, 0.15) is 79.9 Å². The molecule has 6 heteroatoms. The van der Waals surface area contributed by atoms with Gasteiger partial charge < -0.3 is 9.97 Å². The fourth-order valence-corrected chi connectivity index (χ4v) is 4.65. The van der Waals surface area contributed by atoms with Gasteiger partial charge in [-0.25, -0.2) is 9.97 Å². The Morgan fingerprint density at radius 1 is 0.765 bits per heavy atom. The van der Waals surface area contributed by atoms with Gasteiger partial charge in [0.25, 0.3) is 0 Å². The molecule has 2 aromatic heterocycles. The van der Waals surface area contributed by atoms with Crippen molar-refractivity contribution in [2.75, 3.05) is 0 Å². The van der Waals surface area contributed by atoms with Crippen molar-refractivity contribution in [3.8, 4) is 6.07 Å². The van der Waals surface area contributed by atoms with Crippen LogP contribution in [-0.4, -0.2) is 9.97 Å². The van der Waals surface area contributed by atoms with Crippen molar-refractivity contribution in [1.82, 2.24) is 19.9 Å². The summed E-state index contributed by atoms with van der Waals surface area (Å²) in [4.78, 5) is 19.7. The van der Waals surface area contributed by atoms with Crippen LogP contribution in [0.5, 0.6) is 0 Å². The summed E-state index contributed by atoms with van der Waals surface area (Å²) in [6.07, 6.45) is 0.815. The van der Waals surface area contributed by atoms with Gasteiger partial charge in [0.1, 0.15) is 6.07 Å². The van der Waals surface area contributed by atoms with Crippen LogP contribution >= 0.6 is 0 Å². The van der Waals surface area contributed by atoms with Crippen LogP contribution in [0, 0.1) is 25.2 Å². The fraction of sp³-hybridized carbons (Fsp3) is 0.321. The fourth-order valence-electron chi connectivity index (χ4n) is 4.65. The minimum atomic E-state index is -0.150. The van der Waals surface area contributed by atoms with Gasteiger partial charge in [-0.2, -0.15) is 16.6 Å². The number of nitriles is 1. The topological polar surface area (TPSA) is 77.8 Å². The molecule has 5 rings (SSSR count). The van der Waals surface area contributed by atoms with Crippen LogP contribution in [-0.2, 0) is 31.3 Å². The second-order valence-corrected chi connectivity index (χ2v) is 9.89. The van der Waals surface area contributed by atoms with Gasteiger partial charge in [-0.1, -0.05) is 49.2 Å². The molecule has 0 spiro atoms. The SMILES string of the molecule is CC1=C(C)c2cc3[n-]c(cc4nc(cc5[n-]c(cc1n2)CC5(C)C)C(C#N)=C4C)c(C)c3C.[Zn+2]. The van der Waals surface area contributed by atoms with Gasteiger partial charge in [-0.3, -0.25) is 0 Å². The van der Waals surface area contributed by atoms with Crippen molar-refractivity contribution >= 4 is 33.3 Å². The molecule has 166 valence electrons. The van der Waals surface area contributed by atoms with Crippen molar-refractivity contribution in [3.05, 3.63) is 69.6 Å². The van der Waals surface area contributed by atoms with E-state index in [1.807, 2.05) is 19.1 Å². The number of allylic oxidation sites excluding steroid dienone is 4. The van der Waals surface area contributed by atoms with Gasteiger partial charge in [-0.15, -0.1) is 11.0 Å². The van der Waals surface area contributed by atoms with Gasteiger partial charge in [0, 0.05) is 0 Å². The first-order valence-corrected chi connectivity index (χ1v) is 11.3. The summed E-state index contributed by atoms with van der Waals surface area (Å²) in [5, 5.41) is 9.87. The Morgan fingerprint density at radius 2 is 1.29 bits per heavy atom. The third-order valence-corrected chi connectivity index (χ3v) is 7.22. The predicted octanol–water partition coefficient (Wildman–Crippen LogP) is 5.83. The smallest absolute Gasteiger partial charge is 0.664 e. The van der Waals surface area contributed by atoms with E-state index in [1.165, 1.54) is 11.1 Å². The van der Waals surface area contributed by atoms with Crippen LogP contribution in [0.2, 0.25) is 0 Å². The molecule has 0 saturated heterocycles. The van der Waals surface area contributed by atoms with Gasteiger partial charge in [0.15, 0.2) is 0 Å². The Labute approximate surface area is 213 Å². The molecule has 2 aromatic rings. The molecule has 0 amide bonds. The largest absolute Gasteiger partial charge is 2.00 e. The van der Waals surface area contributed by atoms with E-state index in [4.69, 9.17) is 19.9 Å². The number of hydrogen-bond donors (Lipinski definition) is 0. The minimum Gasteiger partial charge on any atom is -0.664 e. The van der Waals surface area contributed by atoms with Gasteiger partial charge in [0.2, 0.25) is 0 Å². The molecule has 3 aliphatic rings. The Balaban J connectivity index is 0.00000274. The molecule has 0 N–H and O–H groups in total. The average Bonchev–Trinajstić information content (AvgIpc) is 3.39. The van der Waals surface area contributed by atoms with Gasteiger partial charge in [0.05, 0.1) is 28.3 Å². The molecule has 0 fully saturated rings. The molecule has 8 bridgehead atoms. The minimum absolute atomic E-state index is 0. The molecule has 0 atom stereocenters. The van der Waals surface area contributed by atoms with Crippen LogP contribution in [0.15, 0.2) is 24.3 Å². The predicted molar refractivity (Wildman–Crippen MR) is 133 cm³/mol. The first-order chi connectivity index (χ1) is 15.6. The summed E-state index contributed by atoms with van der Waals surface area (Å²) in [7, 11) is 0. The third-order valence-electron chi connectivity index (χ3n) is 7.22. The monoisotopic (exact) mass is 497 g/mol. The summed E-state index contributed by atoms with van der Waals surface area (Å²) in [6.45, 7) is 14.7. The summed E-state index contributed by atoms with van der Waals surface area (Å²) in [5.41, 5.74) is 13.0. The Kier molecular flexibility index (Phi) is 5.90. The number of rotatable bonds is 0. The van der Waals surface area contributed by atoms with E-state index in [2.05, 4.69) is 59.7 Å². The zero-order chi connectivity index (χ0) is 23.7. The number of nitrogens with zero attached hydrogens (tertiary/aromatic N) is 5. The molecule has 0 aromatic carbocycles. The standard InChI is InChI=1S/C28H27N5.Zn/c1-14-15(2)22-9-23-16(3)17(4)24(32-23)10-25-18(5)20(13-29)26(33-25)11-27-28(6,7)12-19(30-27)8-21(14)31-22;/h8-11H,12H2,1-7H3;/q-2;+2. The van der Waals surface area contributed by atoms with E-state index in [0.717, 1.165) is 62.6 Å². The van der Waals surface area contributed by atoms with Crippen LogP contribution in [0.25, 0.3) is 33.3 Å². The van der Waals surface area contributed by atoms with Crippen molar-refractivity contribution in [3.63, 3.8) is 0 Å². The van der Waals surface area contributed by atoms with Crippen molar-refractivity contribution in [1.29, 1.82) is 5.26 Å². The third kappa shape index (κ3) is 3.73.